The molecule has 31 heavy (non-hydrogen) atoms. The summed E-state index contributed by atoms with van der Waals surface area (Å²) in [6.07, 6.45) is 11.4. The molecule has 1 N–H and O–H groups in total. The Labute approximate surface area is 186 Å². The van der Waals surface area contributed by atoms with Crippen molar-refractivity contribution in [2.75, 3.05) is 0 Å². The normalized spacial score (nSPS) is 42.5. The Morgan fingerprint density at radius 2 is 1.87 bits per heavy atom. The third-order valence-electron chi connectivity index (χ3n) is 9.90. The highest BCUT2D eigenvalue weighted by atomic mass is 16.5. The van der Waals surface area contributed by atoms with Crippen molar-refractivity contribution in [3.8, 4) is 0 Å². The predicted octanol–water partition coefficient (Wildman–Crippen LogP) is 5.18. The summed E-state index contributed by atoms with van der Waals surface area (Å²) in [5, 5.41) is 9.05. The van der Waals surface area contributed by atoms with E-state index in [1.807, 2.05) is 0 Å². The first kappa shape index (κ1) is 22.5. The van der Waals surface area contributed by atoms with E-state index in [2.05, 4.69) is 26.8 Å². The second kappa shape index (κ2) is 8.04. The number of rotatable bonds is 5. The minimum Gasteiger partial charge on any atom is -0.476 e. The molecular formula is C26H38O5. The van der Waals surface area contributed by atoms with E-state index in [4.69, 9.17) is 9.84 Å². The molecule has 0 radical (unpaired) electrons. The SMILES string of the molecule is CC(=O)O[C@H]1CC[C@@]2(C)C(=CC[C@H]3[C@@H]4CC[C@H]([C@H](C)CC(=O)C(=O)O)[C@@]4(C)CC[C@@H]32)C1. The molecule has 8 atom stereocenters. The fourth-order valence-corrected chi connectivity index (χ4v) is 8.46. The molecule has 0 amide bonds. The Morgan fingerprint density at radius 1 is 1.13 bits per heavy atom. The summed E-state index contributed by atoms with van der Waals surface area (Å²) in [6.45, 7) is 8.46. The molecule has 3 fully saturated rings. The summed E-state index contributed by atoms with van der Waals surface area (Å²) >= 11 is 0. The number of Topliss-reactive ketones (excluding diaryl/α,β-unsaturated/α-hetero) is 1. The van der Waals surface area contributed by atoms with Crippen molar-refractivity contribution in [1.82, 2.24) is 0 Å². The summed E-state index contributed by atoms with van der Waals surface area (Å²) < 4.78 is 5.55. The summed E-state index contributed by atoms with van der Waals surface area (Å²) in [4.78, 5) is 34.4. The van der Waals surface area contributed by atoms with Gasteiger partial charge in [-0.2, -0.15) is 0 Å². The molecule has 3 saturated carbocycles. The van der Waals surface area contributed by atoms with E-state index in [1.54, 1.807) is 0 Å². The maximum Gasteiger partial charge on any atom is 0.372 e. The molecule has 0 aromatic carbocycles. The Bertz CT molecular complexity index is 800. The smallest absolute Gasteiger partial charge is 0.372 e. The van der Waals surface area contributed by atoms with Crippen LogP contribution in [-0.2, 0) is 19.1 Å². The van der Waals surface area contributed by atoms with Gasteiger partial charge in [-0.15, -0.1) is 0 Å². The number of aliphatic carboxylic acids is 1. The summed E-state index contributed by atoms with van der Waals surface area (Å²) in [5.74, 6) is 0.444. The molecule has 0 saturated heterocycles. The number of carboxylic acids is 1. The van der Waals surface area contributed by atoms with E-state index < -0.39 is 11.8 Å². The van der Waals surface area contributed by atoms with Gasteiger partial charge >= 0.3 is 11.9 Å². The van der Waals surface area contributed by atoms with Gasteiger partial charge in [0, 0.05) is 19.8 Å². The lowest BCUT2D eigenvalue weighted by molar-refractivity contribution is -0.150. The lowest BCUT2D eigenvalue weighted by Crippen LogP contribution is -2.51. The second-order valence-corrected chi connectivity index (χ2v) is 11.4. The Morgan fingerprint density at radius 3 is 2.55 bits per heavy atom. The van der Waals surface area contributed by atoms with Crippen molar-refractivity contribution >= 4 is 17.7 Å². The Kier molecular flexibility index (Phi) is 5.85. The zero-order chi connectivity index (χ0) is 22.6. The number of carboxylic acid groups (broad SMARTS) is 1. The number of fused-ring (bicyclic) bond motifs is 5. The summed E-state index contributed by atoms with van der Waals surface area (Å²) in [6, 6.07) is 0. The van der Waals surface area contributed by atoms with Gasteiger partial charge in [-0.1, -0.05) is 32.4 Å². The molecular weight excluding hydrogens is 392 g/mol. The third kappa shape index (κ3) is 3.76. The van der Waals surface area contributed by atoms with Crippen molar-refractivity contribution in [2.24, 2.45) is 40.4 Å². The number of esters is 1. The number of hydrogen-bond acceptors (Lipinski definition) is 4. The molecule has 0 aromatic heterocycles. The van der Waals surface area contributed by atoms with E-state index in [9.17, 15) is 14.4 Å². The van der Waals surface area contributed by atoms with Gasteiger partial charge < -0.3 is 9.84 Å². The van der Waals surface area contributed by atoms with Crippen LogP contribution in [0.1, 0.15) is 85.5 Å². The third-order valence-corrected chi connectivity index (χ3v) is 9.90. The van der Waals surface area contributed by atoms with Gasteiger partial charge in [0.1, 0.15) is 6.10 Å². The number of allylic oxidation sites excluding steroid dienone is 1. The molecule has 4 aliphatic carbocycles. The molecule has 5 heteroatoms. The van der Waals surface area contributed by atoms with Crippen LogP contribution >= 0.6 is 0 Å². The Hall–Kier alpha value is -1.65. The zero-order valence-electron chi connectivity index (χ0n) is 19.5. The lowest BCUT2D eigenvalue weighted by atomic mass is 9.47. The van der Waals surface area contributed by atoms with Crippen molar-refractivity contribution in [2.45, 2.75) is 91.6 Å². The molecule has 0 unspecified atom stereocenters. The predicted molar refractivity (Wildman–Crippen MR) is 117 cm³/mol. The zero-order valence-corrected chi connectivity index (χ0v) is 19.5. The van der Waals surface area contributed by atoms with Crippen molar-refractivity contribution in [3.63, 3.8) is 0 Å². The van der Waals surface area contributed by atoms with E-state index in [-0.39, 0.29) is 35.2 Å². The van der Waals surface area contributed by atoms with Crippen molar-refractivity contribution in [3.05, 3.63) is 11.6 Å². The molecule has 5 nitrogen and oxygen atoms in total. The van der Waals surface area contributed by atoms with E-state index in [1.165, 1.54) is 31.8 Å². The van der Waals surface area contributed by atoms with E-state index in [0.717, 1.165) is 32.1 Å². The molecule has 0 heterocycles. The highest BCUT2D eigenvalue weighted by molar-refractivity contribution is 6.32. The molecule has 172 valence electrons. The monoisotopic (exact) mass is 430 g/mol. The Balaban J connectivity index is 1.52. The van der Waals surface area contributed by atoms with Crippen LogP contribution in [-0.4, -0.2) is 28.9 Å². The van der Waals surface area contributed by atoms with Crippen LogP contribution in [0.15, 0.2) is 11.6 Å². The van der Waals surface area contributed by atoms with E-state index >= 15 is 0 Å². The maximum atomic E-state index is 11.9. The van der Waals surface area contributed by atoms with Gasteiger partial charge in [0.15, 0.2) is 0 Å². The molecule has 0 spiro atoms. The lowest BCUT2D eigenvalue weighted by Gasteiger charge is -2.58. The van der Waals surface area contributed by atoms with Gasteiger partial charge in [-0.25, -0.2) is 4.79 Å². The first-order chi connectivity index (χ1) is 14.6. The minimum atomic E-state index is -1.29. The summed E-state index contributed by atoms with van der Waals surface area (Å²) in [5.41, 5.74) is 1.92. The van der Waals surface area contributed by atoms with Crippen LogP contribution in [0, 0.1) is 40.4 Å². The number of carbonyl (C=O) groups excluding carboxylic acids is 2. The average Bonchev–Trinajstić information content (AvgIpc) is 3.05. The standard InChI is InChI=1S/C26H38O5/c1-15(13-23(28)24(29)30)20-7-8-21-19-6-5-17-14-18(31-16(2)27)9-11-25(17,3)22(19)10-12-26(20,21)4/h5,15,18-22H,6-14H2,1-4H3,(H,29,30)/t15-,18+,19+,20-,21+,22+,25+,26-/m1/s1. The number of hydrogen-bond donors (Lipinski definition) is 1. The first-order valence-corrected chi connectivity index (χ1v) is 12.2. The van der Waals surface area contributed by atoms with Gasteiger partial charge in [0.25, 0.3) is 0 Å². The van der Waals surface area contributed by atoms with Gasteiger partial charge in [0.2, 0.25) is 5.78 Å². The van der Waals surface area contributed by atoms with Crippen molar-refractivity contribution in [1.29, 1.82) is 0 Å². The average molecular weight is 431 g/mol. The quantitative estimate of drug-likeness (QED) is 0.369. The highest BCUT2D eigenvalue weighted by Gasteiger charge is 2.59. The first-order valence-electron chi connectivity index (χ1n) is 12.2. The molecule has 0 aliphatic heterocycles. The van der Waals surface area contributed by atoms with E-state index in [0.29, 0.717) is 23.7 Å². The number of ketones is 1. The topological polar surface area (TPSA) is 80.7 Å². The second-order valence-electron chi connectivity index (χ2n) is 11.4. The molecule has 0 bridgehead atoms. The molecule has 4 rings (SSSR count). The van der Waals surface area contributed by atoms with Crippen LogP contribution in [0.25, 0.3) is 0 Å². The van der Waals surface area contributed by atoms with Gasteiger partial charge in [-0.05, 0) is 85.4 Å². The fraction of sp³-hybridized carbons (Fsp3) is 0.808. The highest BCUT2D eigenvalue weighted by Crippen LogP contribution is 2.67. The maximum absolute atomic E-state index is 11.9. The van der Waals surface area contributed by atoms with Crippen LogP contribution in [0.2, 0.25) is 0 Å². The number of carbonyl (C=O) groups is 3. The summed E-state index contributed by atoms with van der Waals surface area (Å²) in [7, 11) is 0. The van der Waals surface area contributed by atoms with Crippen LogP contribution in [0.4, 0.5) is 0 Å². The fourth-order valence-electron chi connectivity index (χ4n) is 8.46. The van der Waals surface area contributed by atoms with Crippen LogP contribution < -0.4 is 0 Å². The molecule has 4 aliphatic rings. The van der Waals surface area contributed by atoms with Gasteiger partial charge in [-0.3, -0.25) is 9.59 Å². The van der Waals surface area contributed by atoms with Gasteiger partial charge in [0.05, 0.1) is 0 Å². The minimum absolute atomic E-state index is 0.0331. The van der Waals surface area contributed by atoms with Crippen LogP contribution in [0.5, 0.6) is 0 Å². The van der Waals surface area contributed by atoms with Crippen molar-refractivity contribution < 1.29 is 24.2 Å². The number of ether oxygens (including phenoxy) is 1. The largest absolute Gasteiger partial charge is 0.476 e. The van der Waals surface area contributed by atoms with Crippen LogP contribution in [0.3, 0.4) is 0 Å². The molecule has 0 aromatic rings.